The molecule has 84 valence electrons. The fourth-order valence-corrected chi connectivity index (χ4v) is 1.35. The van der Waals surface area contributed by atoms with Gasteiger partial charge in [0.15, 0.2) is 5.82 Å². The number of phenolic OH excluding ortho intramolecular Hbond substituents is 1. The molecule has 2 rings (SSSR count). The van der Waals surface area contributed by atoms with Gasteiger partial charge in [-0.1, -0.05) is 6.07 Å². The first kappa shape index (κ1) is 10.5. The number of phenols is 1. The average molecular weight is 219 g/mol. The summed E-state index contributed by atoms with van der Waals surface area (Å²) in [6.45, 7) is 2.14. The maximum atomic E-state index is 9.50. The molecule has 0 unspecified atom stereocenters. The highest BCUT2D eigenvalue weighted by Gasteiger charge is 2.06. The number of hydrogen-bond donors (Lipinski definition) is 1. The van der Waals surface area contributed by atoms with Crippen LogP contribution in [0.15, 0.2) is 24.5 Å². The van der Waals surface area contributed by atoms with E-state index in [-0.39, 0.29) is 5.75 Å². The number of ether oxygens (including phenoxy) is 1. The molecule has 1 aromatic carbocycles. The van der Waals surface area contributed by atoms with Crippen molar-refractivity contribution >= 4 is 0 Å². The lowest BCUT2D eigenvalue weighted by atomic mass is 10.2. The Morgan fingerprint density at radius 2 is 2.25 bits per heavy atom. The molecule has 0 fully saturated rings. The van der Waals surface area contributed by atoms with Crippen LogP contribution in [-0.2, 0) is 13.7 Å². The fourth-order valence-electron chi connectivity index (χ4n) is 1.35. The van der Waals surface area contributed by atoms with Crippen LogP contribution in [-0.4, -0.2) is 19.9 Å². The van der Waals surface area contributed by atoms with Crippen molar-refractivity contribution in [3.8, 4) is 11.5 Å². The highest BCUT2D eigenvalue weighted by Crippen LogP contribution is 2.26. The van der Waals surface area contributed by atoms with Gasteiger partial charge in [-0.25, -0.2) is 4.98 Å². The third-order valence-electron chi connectivity index (χ3n) is 2.42. The lowest BCUT2D eigenvalue weighted by molar-refractivity contribution is 0.286. The molecule has 0 saturated carbocycles. The molecule has 0 spiro atoms. The van der Waals surface area contributed by atoms with Crippen molar-refractivity contribution in [2.45, 2.75) is 13.5 Å². The summed E-state index contributed by atoms with van der Waals surface area (Å²) in [4.78, 5) is 4.05. The summed E-state index contributed by atoms with van der Waals surface area (Å²) in [7, 11) is 1.81. The Balaban J connectivity index is 2.11. The lowest BCUT2D eigenvalue weighted by Crippen LogP contribution is -2.05. The Hall–Kier alpha value is -2.04. The molecule has 1 N–H and O–H groups in total. The molecule has 5 heteroatoms. The van der Waals surface area contributed by atoms with E-state index < -0.39 is 0 Å². The molecule has 0 atom stereocenters. The predicted molar refractivity (Wildman–Crippen MR) is 58.2 cm³/mol. The number of nitrogens with zero attached hydrogens (tertiary/aromatic N) is 3. The summed E-state index contributed by atoms with van der Waals surface area (Å²) in [6, 6.07) is 5.18. The summed E-state index contributed by atoms with van der Waals surface area (Å²) in [5.74, 6) is 1.63. The van der Waals surface area contributed by atoms with Crippen LogP contribution in [0.5, 0.6) is 11.5 Å². The average Bonchev–Trinajstić information content (AvgIpc) is 2.67. The van der Waals surface area contributed by atoms with Crippen LogP contribution in [0, 0.1) is 6.92 Å². The highest BCUT2D eigenvalue weighted by atomic mass is 16.5. The second-order valence-electron chi connectivity index (χ2n) is 3.49. The molecule has 2 aromatic rings. The van der Waals surface area contributed by atoms with Crippen LogP contribution in [0.3, 0.4) is 0 Å². The van der Waals surface area contributed by atoms with E-state index >= 15 is 0 Å². The van der Waals surface area contributed by atoms with Crippen LogP contribution in [0.4, 0.5) is 0 Å². The predicted octanol–water partition coefficient (Wildman–Crippen LogP) is 1.41. The van der Waals surface area contributed by atoms with Gasteiger partial charge < -0.3 is 9.84 Å². The van der Waals surface area contributed by atoms with Gasteiger partial charge in [0.05, 0.1) is 0 Å². The Morgan fingerprint density at radius 3 is 2.94 bits per heavy atom. The van der Waals surface area contributed by atoms with Gasteiger partial charge in [-0.05, 0) is 19.1 Å². The molecule has 1 heterocycles. The number of hydrogen-bond acceptors (Lipinski definition) is 4. The van der Waals surface area contributed by atoms with Gasteiger partial charge in [0.1, 0.15) is 24.4 Å². The van der Waals surface area contributed by atoms with Gasteiger partial charge in [0.2, 0.25) is 0 Å². The van der Waals surface area contributed by atoms with Crippen LogP contribution in [0.2, 0.25) is 0 Å². The quantitative estimate of drug-likeness (QED) is 0.847. The van der Waals surface area contributed by atoms with Crippen LogP contribution >= 0.6 is 0 Å². The fraction of sp³-hybridized carbons (Fsp3) is 0.273. The van der Waals surface area contributed by atoms with E-state index in [0.717, 1.165) is 11.4 Å². The summed E-state index contributed by atoms with van der Waals surface area (Å²) in [5, 5.41) is 13.4. The summed E-state index contributed by atoms with van der Waals surface area (Å²) in [6.07, 6.45) is 1.48. The summed E-state index contributed by atoms with van der Waals surface area (Å²) in [5.41, 5.74) is 0.727. The topological polar surface area (TPSA) is 60.2 Å². The zero-order valence-corrected chi connectivity index (χ0v) is 9.21. The summed E-state index contributed by atoms with van der Waals surface area (Å²) >= 11 is 0. The maximum Gasteiger partial charge on any atom is 0.164 e. The molecule has 0 aliphatic carbocycles. The standard InChI is InChI=1S/C11H13N3O2/c1-8-9(15)4-3-5-10(8)16-6-11-12-7-13-14(11)2/h3-5,7,15H,6H2,1-2H3. The molecule has 16 heavy (non-hydrogen) atoms. The van der Waals surface area contributed by atoms with E-state index in [2.05, 4.69) is 10.1 Å². The summed E-state index contributed by atoms with van der Waals surface area (Å²) < 4.78 is 7.21. The van der Waals surface area contributed by atoms with Crippen LogP contribution in [0.1, 0.15) is 11.4 Å². The first-order chi connectivity index (χ1) is 7.68. The number of aryl methyl sites for hydroxylation is 1. The maximum absolute atomic E-state index is 9.50. The first-order valence-corrected chi connectivity index (χ1v) is 4.92. The van der Waals surface area contributed by atoms with Gasteiger partial charge in [-0.3, -0.25) is 4.68 Å². The van der Waals surface area contributed by atoms with Crippen molar-refractivity contribution in [1.82, 2.24) is 14.8 Å². The monoisotopic (exact) mass is 219 g/mol. The SMILES string of the molecule is Cc1c(O)cccc1OCc1ncnn1C. The van der Waals surface area contributed by atoms with E-state index in [0.29, 0.717) is 12.4 Å². The second kappa shape index (κ2) is 4.22. The molecule has 0 aliphatic heterocycles. The van der Waals surface area contributed by atoms with Crippen molar-refractivity contribution in [2.24, 2.45) is 7.05 Å². The van der Waals surface area contributed by atoms with Crippen molar-refractivity contribution in [3.63, 3.8) is 0 Å². The first-order valence-electron chi connectivity index (χ1n) is 4.92. The number of rotatable bonds is 3. The Labute approximate surface area is 93.3 Å². The van der Waals surface area contributed by atoms with Gasteiger partial charge in [0, 0.05) is 12.6 Å². The molecular weight excluding hydrogens is 206 g/mol. The Kier molecular flexibility index (Phi) is 2.76. The number of benzene rings is 1. The normalized spacial score (nSPS) is 10.4. The zero-order chi connectivity index (χ0) is 11.5. The van der Waals surface area contributed by atoms with E-state index in [1.54, 1.807) is 30.8 Å². The van der Waals surface area contributed by atoms with E-state index in [9.17, 15) is 5.11 Å². The molecule has 0 saturated heterocycles. The molecule has 5 nitrogen and oxygen atoms in total. The lowest BCUT2D eigenvalue weighted by Gasteiger charge is -2.09. The van der Waals surface area contributed by atoms with Crippen molar-refractivity contribution in [1.29, 1.82) is 0 Å². The third kappa shape index (κ3) is 1.98. The Morgan fingerprint density at radius 1 is 1.44 bits per heavy atom. The van der Waals surface area contributed by atoms with Crippen LogP contribution < -0.4 is 4.74 Å². The van der Waals surface area contributed by atoms with Crippen LogP contribution in [0.25, 0.3) is 0 Å². The minimum Gasteiger partial charge on any atom is -0.508 e. The van der Waals surface area contributed by atoms with Gasteiger partial charge >= 0.3 is 0 Å². The molecule has 0 aliphatic rings. The highest BCUT2D eigenvalue weighted by molar-refractivity contribution is 5.42. The van der Waals surface area contributed by atoms with Gasteiger partial charge in [0.25, 0.3) is 0 Å². The minimum atomic E-state index is 0.232. The van der Waals surface area contributed by atoms with E-state index in [1.165, 1.54) is 6.33 Å². The number of aromatic hydroxyl groups is 1. The smallest absolute Gasteiger partial charge is 0.164 e. The minimum absolute atomic E-state index is 0.232. The van der Waals surface area contributed by atoms with E-state index in [1.807, 2.05) is 6.07 Å². The number of aromatic nitrogens is 3. The molecule has 0 amide bonds. The van der Waals surface area contributed by atoms with Crippen molar-refractivity contribution in [2.75, 3.05) is 0 Å². The third-order valence-corrected chi connectivity index (χ3v) is 2.42. The van der Waals surface area contributed by atoms with Gasteiger partial charge in [-0.15, -0.1) is 0 Å². The molecule has 1 aromatic heterocycles. The largest absolute Gasteiger partial charge is 0.508 e. The van der Waals surface area contributed by atoms with Gasteiger partial charge in [-0.2, -0.15) is 5.10 Å². The second-order valence-corrected chi connectivity index (χ2v) is 3.49. The van der Waals surface area contributed by atoms with Crippen molar-refractivity contribution < 1.29 is 9.84 Å². The zero-order valence-electron chi connectivity index (χ0n) is 9.21. The molecule has 0 radical (unpaired) electrons. The van der Waals surface area contributed by atoms with Crippen molar-refractivity contribution in [3.05, 3.63) is 35.9 Å². The Bertz CT molecular complexity index is 494. The molecule has 0 bridgehead atoms. The van der Waals surface area contributed by atoms with E-state index in [4.69, 9.17) is 4.74 Å². The molecular formula is C11H13N3O2.